The summed E-state index contributed by atoms with van der Waals surface area (Å²) in [6.45, 7) is 12.7. The van der Waals surface area contributed by atoms with Gasteiger partial charge in [-0.1, -0.05) is 30.3 Å². The molecular formula is C20H32N2O2. The summed E-state index contributed by atoms with van der Waals surface area (Å²) in [6, 6.07) is 11.3. The van der Waals surface area contributed by atoms with Crippen LogP contribution < -0.4 is 0 Å². The standard InChI is InChI=1S/C20H32N2O2/c1-16-14-21(19(23)24-20(3,4)5)15-17(2)22(16)13-9-12-18-10-7-6-8-11-18/h6-8,10-11,16-17H,9,12-15H2,1-5H3/t16-,17+. The molecule has 0 unspecified atom stereocenters. The van der Waals surface area contributed by atoms with E-state index in [0.717, 1.165) is 32.5 Å². The molecule has 2 rings (SSSR count). The van der Waals surface area contributed by atoms with Gasteiger partial charge in [0.1, 0.15) is 5.60 Å². The Morgan fingerprint density at radius 3 is 2.25 bits per heavy atom. The molecule has 0 N–H and O–H groups in total. The summed E-state index contributed by atoms with van der Waals surface area (Å²) in [5.74, 6) is 0. The van der Waals surface area contributed by atoms with E-state index >= 15 is 0 Å². The highest BCUT2D eigenvalue weighted by molar-refractivity contribution is 5.68. The van der Waals surface area contributed by atoms with Crippen LogP contribution in [-0.2, 0) is 11.2 Å². The third-order valence-electron chi connectivity index (χ3n) is 4.48. The van der Waals surface area contributed by atoms with Crippen LogP contribution in [0.5, 0.6) is 0 Å². The molecule has 0 aromatic heterocycles. The Morgan fingerprint density at radius 1 is 1.12 bits per heavy atom. The van der Waals surface area contributed by atoms with Crippen molar-refractivity contribution in [2.45, 2.75) is 65.1 Å². The Balaban J connectivity index is 1.83. The van der Waals surface area contributed by atoms with Crippen LogP contribution in [0.4, 0.5) is 4.79 Å². The van der Waals surface area contributed by atoms with Gasteiger partial charge in [0.2, 0.25) is 0 Å². The molecule has 1 amide bonds. The first kappa shape index (κ1) is 18.8. The van der Waals surface area contributed by atoms with Gasteiger partial charge >= 0.3 is 6.09 Å². The number of piperazine rings is 1. The zero-order valence-corrected chi connectivity index (χ0v) is 15.8. The number of nitrogens with zero attached hydrogens (tertiary/aromatic N) is 2. The molecule has 4 nitrogen and oxygen atoms in total. The van der Waals surface area contributed by atoms with Crippen LogP contribution in [0.2, 0.25) is 0 Å². The molecule has 1 aliphatic heterocycles. The minimum absolute atomic E-state index is 0.190. The van der Waals surface area contributed by atoms with Crippen molar-refractivity contribution in [1.29, 1.82) is 0 Å². The smallest absolute Gasteiger partial charge is 0.410 e. The molecule has 1 aromatic rings. The highest BCUT2D eigenvalue weighted by Crippen LogP contribution is 2.19. The van der Waals surface area contributed by atoms with Crippen LogP contribution in [0.3, 0.4) is 0 Å². The summed E-state index contributed by atoms with van der Waals surface area (Å²) in [5, 5.41) is 0. The number of hydrogen-bond acceptors (Lipinski definition) is 3. The molecule has 0 radical (unpaired) electrons. The molecule has 0 aliphatic carbocycles. The van der Waals surface area contributed by atoms with E-state index in [1.165, 1.54) is 5.56 Å². The van der Waals surface area contributed by atoms with Gasteiger partial charge in [0.25, 0.3) is 0 Å². The van der Waals surface area contributed by atoms with Gasteiger partial charge in [0, 0.05) is 25.2 Å². The fourth-order valence-electron chi connectivity index (χ4n) is 3.38. The van der Waals surface area contributed by atoms with Crippen LogP contribution in [-0.4, -0.2) is 53.2 Å². The molecule has 2 atom stereocenters. The predicted octanol–water partition coefficient (Wildman–Crippen LogP) is 3.95. The summed E-state index contributed by atoms with van der Waals surface area (Å²) in [7, 11) is 0. The molecule has 0 bridgehead atoms. The van der Waals surface area contributed by atoms with E-state index in [1.807, 2.05) is 25.7 Å². The Kier molecular flexibility index (Phi) is 6.27. The molecule has 24 heavy (non-hydrogen) atoms. The topological polar surface area (TPSA) is 32.8 Å². The minimum atomic E-state index is -0.434. The van der Waals surface area contributed by atoms with Crippen molar-refractivity contribution in [3.05, 3.63) is 35.9 Å². The molecule has 1 saturated heterocycles. The lowest BCUT2D eigenvalue weighted by Crippen LogP contribution is -2.58. The molecule has 134 valence electrons. The summed E-state index contributed by atoms with van der Waals surface area (Å²) in [6.07, 6.45) is 2.06. The van der Waals surface area contributed by atoms with Gasteiger partial charge in [-0.15, -0.1) is 0 Å². The summed E-state index contributed by atoms with van der Waals surface area (Å²) in [5.41, 5.74) is 0.960. The second kappa shape index (κ2) is 8.02. The zero-order chi connectivity index (χ0) is 17.7. The van der Waals surface area contributed by atoms with E-state index in [-0.39, 0.29) is 6.09 Å². The quantitative estimate of drug-likeness (QED) is 0.837. The average molecular weight is 332 g/mol. The fraction of sp³-hybridized carbons (Fsp3) is 0.650. The van der Waals surface area contributed by atoms with Crippen LogP contribution >= 0.6 is 0 Å². The summed E-state index contributed by atoms with van der Waals surface area (Å²) in [4.78, 5) is 16.7. The van der Waals surface area contributed by atoms with Crippen molar-refractivity contribution < 1.29 is 9.53 Å². The maximum Gasteiger partial charge on any atom is 0.410 e. The molecule has 4 heteroatoms. The van der Waals surface area contributed by atoms with E-state index in [2.05, 4.69) is 49.1 Å². The molecule has 1 heterocycles. The average Bonchev–Trinajstić information content (AvgIpc) is 2.49. The molecule has 0 saturated carbocycles. The lowest BCUT2D eigenvalue weighted by atomic mass is 10.1. The van der Waals surface area contributed by atoms with E-state index in [9.17, 15) is 4.79 Å². The number of carbonyl (C=O) groups excluding carboxylic acids is 1. The first-order valence-corrected chi connectivity index (χ1v) is 9.04. The predicted molar refractivity (Wildman–Crippen MR) is 98.2 cm³/mol. The van der Waals surface area contributed by atoms with Crippen LogP contribution in [0.1, 0.15) is 46.6 Å². The molecule has 1 aliphatic rings. The zero-order valence-electron chi connectivity index (χ0n) is 15.8. The van der Waals surface area contributed by atoms with Gasteiger partial charge in [-0.25, -0.2) is 4.79 Å². The molecule has 1 fully saturated rings. The molecule has 1 aromatic carbocycles. The van der Waals surface area contributed by atoms with Gasteiger partial charge in [-0.2, -0.15) is 0 Å². The Bertz CT molecular complexity index is 512. The van der Waals surface area contributed by atoms with E-state index in [4.69, 9.17) is 4.74 Å². The van der Waals surface area contributed by atoms with Crippen molar-refractivity contribution in [3.63, 3.8) is 0 Å². The van der Waals surface area contributed by atoms with E-state index in [0.29, 0.717) is 12.1 Å². The third kappa shape index (κ3) is 5.52. The number of benzene rings is 1. The van der Waals surface area contributed by atoms with Crippen molar-refractivity contribution >= 4 is 6.09 Å². The van der Waals surface area contributed by atoms with Gasteiger partial charge in [0.15, 0.2) is 0 Å². The summed E-state index contributed by atoms with van der Waals surface area (Å²) >= 11 is 0. The number of amides is 1. The minimum Gasteiger partial charge on any atom is -0.444 e. The van der Waals surface area contributed by atoms with Crippen molar-refractivity contribution in [2.24, 2.45) is 0 Å². The monoisotopic (exact) mass is 332 g/mol. The van der Waals surface area contributed by atoms with E-state index in [1.54, 1.807) is 0 Å². The Labute approximate surface area is 146 Å². The van der Waals surface area contributed by atoms with Crippen molar-refractivity contribution in [1.82, 2.24) is 9.80 Å². The summed E-state index contributed by atoms with van der Waals surface area (Å²) < 4.78 is 5.52. The Morgan fingerprint density at radius 2 is 1.71 bits per heavy atom. The SMILES string of the molecule is C[C@@H]1CN(C(=O)OC(C)(C)C)C[C@H](C)N1CCCc1ccccc1. The van der Waals surface area contributed by atoms with Crippen LogP contribution in [0.15, 0.2) is 30.3 Å². The lowest BCUT2D eigenvalue weighted by Gasteiger charge is -2.44. The fourth-order valence-corrected chi connectivity index (χ4v) is 3.38. The van der Waals surface area contributed by atoms with Crippen molar-refractivity contribution in [2.75, 3.05) is 19.6 Å². The van der Waals surface area contributed by atoms with Gasteiger partial charge in [-0.05, 0) is 59.6 Å². The number of aryl methyl sites for hydroxylation is 1. The van der Waals surface area contributed by atoms with Gasteiger partial charge < -0.3 is 9.64 Å². The normalized spacial score (nSPS) is 22.5. The van der Waals surface area contributed by atoms with Gasteiger partial charge in [-0.3, -0.25) is 4.90 Å². The van der Waals surface area contributed by atoms with Gasteiger partial charge in [0.05, 0.1) is 0 Å². The maximum atomic E-state index is 12.3. The molecular weight excluding hydrogens is 300 g/mol. The Hall–Kier alpha value is -1.55. The first-order valence-electron chi connectivity index (χ1n) is 9.04. The highest BCUT2D eigenvalue weighted by atomic mass is 16.6. The molecule has 0 spiro atoms. The van der Waals surface area contributed by atoms with E-state index < -0.39 is 5.60 Å². The first-order chi connectivity index (χ1) is 11.3. The van der Waals surface area contributed by atoms with Crippen molar-refractivity contribution in [3.8, 4) is 0 Å². The number of ether oxygens (including phenoxy) is 1. The largest absolute Gasteiger partial charge is 0.444 e. The number of rotatable bonds is 4. The highest BCUT2D eigenvalue weighted by Gasteiger charge is 2.33. The van der Waals surface area contributed by atoms with Crippen LogP contribution in [0.25, 0.3) is 0 Å². The number of carbonyl (C=O) groups is 1. The van der Waals surface area contributed by atoms with Crippen LogP contribution in [0, 0.1) is 0 Å². The lowest BCUT2D eigenvalue weighted by molar-refractivity contribution is -0.00768. The maximum absolute atomic E-state index is 12.3. The second-order valence-electron chi connectivity index (χ2n) is 7.91. The number of hydrogen-bond donors (Lipinski definition) is 0. The third-order valence-corrected chi connectivity index (χ3v) is 4.48. The second-order valence-corrected chi connectivity index (χ2v) is 7.91.